The Hall–Kier alpha value is -0.225. The number of aliphatic hydroxyl groups excluding tert-OH is 1. The van der Waals surface area contributed by atoms with Crippen molar-refractivity contribution in [2.45, 2.75) is 24.7 Å². The molecule has 6 heteroatoms. The highest BCUT2D eigenvalue weighted by atomic mass is 19.4. The van der Waals surface area contributed by atoms with E-state index in [1.165, 1.54) is 0 Å². The van der Waals surface area contributed by atoms with Gasteiger partial charge in [0.15, 0.2) is 0 Å². The molecule has 1 rings (SSSR count). The van der Waals surface area contributed by atoms with Gasteiger partial charge in [-0.2, -0.15) is 13.2 Å². The summed E-state index contributed by atoms with van der Waals surface area (Å²) in [7, 11) is 5.08. The summed E-state index contributed by atoms with van der Waals surface area (Å²) in [6.45, 7) is -0.416. The van der Waals surface area contributed by atoms with E-state index in [9.17, 15) is 13.2 Å². The van der Waals surface area contributed by atoms with E-state index < -0.39 is 30.8 Å². The molecule has 3 atom stereocenters. The molecule has 0 bridgehead atoms. The molecule has 0 saturated carbocycles. The minimum atomic E-state index is -4.33. The molecular weight excluding hydrogens is 172 g/mol. The third kappa shape index (κ3) is 1.92. The predicted octanol–water partition coefficient (Wildman–Crippen LogP) is 0.441. The first-order valence-corrected chi connectivity index (χ1v) is 3.53. The van der Waals surface area contributed by atoms with Gasteiger partial charge in [-0.3, -0.25) is 0 Å². The van der Waals surface area contributed by atoms with Crippen LogP contribution in [-0.4, -0.2) is 37.8 Å². The van der Waals surface area contributed by atoms with Crippen molar-refractivity contribution in [1.29, 1.82) is 0 Å². The Morgan fingerprint density at radius 1 is 1.50 bits per heavy atom. The molecule has 1 saturated heterocycles. The van der Waals surface area contributed by atoms with Gasteiger partial charge in [-0.15, -0.1) is 0 Å². The van der Waals surface area contributed by atoms with Crippen LogP contribution in [0, 0.1) is 5.92 Å². The molecule has 0 aromatic rings. The highest BCUT2D eigenvalue weighted by Crippen LogP contribution is 2.37. The van der Waals surface area contributed by atoms with Gasteiger partial charge in [-0.25, -0.2) is 0 Å². The van der Waals surface area contributed by atoms with E-state index in [2.05, 4.69) is 4.74 Å². The van der Waals surface area contributed by atoms with Gasteiger partial charge in [0.05, 0.1) is 18.6 Å². The van der Waals surface area contributed by atoms with Gasteiger partial charge in [0.25, 0.3) is 0 Å². The first-order valence-electron chi connectivity index (χ1n) is 3.53. The molecule has 0 aliphatic carbocycles. The molecule has 2 nitrogen and oxygen atoms in total. The second-order valence-corrected chi connectivity index (χ2v) is 2.79. The van der Waals surface area contributed by atoms with Crippen LogP contribution >= 0.6 is 0 Å². The molecule has 2 radical (unpaired) electrons. The lowest BCUT2D eigenvalue weighted by Crippen LogP contribution is -2.30. The van der Waals surface area contributed by atoms with Crippen LogP contribution in [0.1, 0.15) is 6.42 Å². The van der Waals surface area contributed by atoms with Gasteiger partial charge >= 0.3 is 6.18 Å². The molecule has 1 aliphatic heterocycles. The van der Waals surface area contributed by atoms with Crippen molar-refractivity contribution in [3.05, 3.63) is 0 Å². The summed E-state index contributed by atoms with van der Waals surface area (Å²) in [6, 6.07) is -1.33. The third-order valence-electron chi connectivity index (χ3n) is 1.89. The molecule has 0 amide bonds. The lowest BCUT2D eigenvalue weighted by Gasteiger charge is -2.17. The maximum atomic E-state index is 12.1. The maximum absolute atomic E-state index is 12.1. The molecule has 1 aliphatic rings. The fourth-order valence-corrected chi connectivity index (χ4v) is 1.23. The van der Waals surface area contributed by atoms with Crippen molar-refractivity contribution in [3.8, 4) is 0 Å². The molecule has 1 heterocycles. The Morgan fingerprint density at radius 3 is 2.33 bits per heavy atom. The highest BCUT2D eigenvalue weighted by molar-refractivity contribution is 6.11. The quantitative estimate of drug-likeness (QED) is 0.593. The zero-order valence-corrected chi connectivity index (χ0v) is 6.21. The summed E-state index contributed by atoms with van der Waals surface area (Å²) in [6.07, 6.45) is -5.35. The van der Waals surface area contributed by atoms with E-state index in [0.29, 0.717) is 0 Å². The normalized spacial score (nSPS) is 37.2. The van der Waals surface area contributed by atoms with Gasteiger partial charge in [0.2, 0.25) is 0 Å². The van der Waals surface area contributed by atoms with Gasteiger partial charge in [0, 0.05) is 6.00 Å². The number of aliphatic hydroxyl groups is 1. The Labute approximate surface area is 69.1 Å². The number of hydrogen-bond donors (Lipinski definition) is 1. The van der Waals surface area contributed by atoms with E-state index in [4.69, 9.17) is 13.0 Å². The van der Waals surface area contributed by atoms with Crippen molar-refractivity contribution in [3.63, 3.8) is 0 Å². The molecule has 12 heavy (non-hydrogen) atoms. The molecular formula is C6H8BF3O2. The van der Waals surface area contributed by atoms with Gasteiger partial charge in [-0.1, -0.05) is 0 Å². The summed E-state index contributed by atoms with van der Waals surface area (Å²) in [5.74, 6) is -1.64. The second-order valence-electron chi connectivity index (χ2n) is 2.79. The Bertz CT molecular complexity index is 161. The topological polar surface area (TPSA) is 29.5 Å². The summed E-state index contributed by atoms with van der Waals surface area (Å²) in [4.78, 5) is 0. The SMILES string of the molecule is [B][C@@H]1O[C@H](CO)C[C@@H]1C(F)(F)F. The van der Waals surface area contributed by atoms with Crippen LogP contribution in [0.25, 0.3) is 0 Å². The second kappa shape index (κ2) is 3.26. The smallest absolute Gasteiger partial charge is 0.393 e. The summed E-state index contributed by atoms with van der Waals surface area (Å²) in [5, 5.41) is 8.52. The van der Waals surface area contributed by atoms with Gasteiger partial charge in [-0.05, 0) is 6.42 Å². The minimum Gasteiger partial charge on any atom is -0.394 e. The fraction of sp³-hybridized carbons (Fsp3) is 1.00. The number of rotatable bonds is 1. The number of hydrogen-bond acceptors (Lipinski definition) is 2. The predicted molar refractivity (Wildman–Crippen MR) is 35.7 cm³/mol. The lowest BCUT2D eigenvalue weighted by molar-refractivity contribution is -0.177. The van der Waals surface area contributed by atoms with Crippen molar-refractivity contribution in [2.24, 2.45) is 5.92 Å². The number of halogens is 3. The Kier molecular flexibility index (Phi) is 2.68. The third-order valence-corrected chi connectivity index (χ3v) is 1.89. The van der Waals surface area contributed by atoms with E-state index in [0.717, 1.165) is 0 Å². The van der Waals surface area contributed by atoms with Crippen LogP contribution in [0.4, 0.5) is 13.2 Å². The Balaban J connectivity index is 2.58. The van der Waals surface area contributed by atoms with Crippen LogP contribution in [0.15, 0.2) is 0 Å². The maximum Gasteiger partial charge on any atom is 0.393 e. The molecule has 68 valence electrons. The standard InChI is InChI=1S/C6H8BF3O2/c7-5-4(6(8,9)10)1-3(2-11)12-5/h3-5,11H,1-2H2/t3-,4-,5+/m0/s1. The summed E-state index contributed by atoms with van der Waals surface area (Å²) in [5.41, 5.74) is 0. The highest BCUT2D eigenvalue weighted by Gasteiger charge is 2.48. The Morgan fingerprint density at radius 2 is 2.08 bits per heavy atom. The summed E-state index contributed by atoms with van der Waals surface area (Å²) < 4.78 is 40.9. The first kappa shape index (κ1) is 9.86. The number of alkyl halides is 3. The van der Waals surface area contributed by atoms with Crippen molar-refractivity contribution >= 4 is 7.85 Å². The molecule has 1 fully saturated rings. The van der Waals surface area contributed by atoms with Crippen molar-refractivity contribution < 1.29 is 23.0 Å². The monoisotopic (exact) mass is 180 g/mol. The van der Waals surface area contributed by atoms with E-state index >= 15 is 0 Å². The van der Waals surface area contributed by atoms with E-state index in [-0.39, 0.29) is 6.42 Å². The largest absolute Gasteiger partial charge is 0.394 e. The average Bonchev–Trinajstić information content (AvgIpc) is 2.29. The van der Waals surface area contributed by atoms with Crippen molar-refractivity contribution in [1.82, 2.24) is 0 Å². The molecule has 0 aromatic carbocycles. The van der Waals surface area contributed by atoms with Crippen LogP contribution in [0.2, 0.25) is 0 Å². The first-order chi connectivity index (χ1) is 5.45. The van der Waals surface area contributed by atoms with Gasteiger partial charge in [0.1, 0.15) is 7.85 Å². The van der Waals surface area contributed by atoms with E-state index in [1.807, 2.05) is 0 Å². The number of ether oxygens (including phenoxy) is 1. The molecule has 0 aromatic heterocycles. The molecule has 0 unspecified atom stereocenters. The molecule has 0 spiro atoms. The zero-order chi connectivity index (χ0) is 9.35. The molecule has 1 N–H and O–H groups in total. The van der Waals surface area contributed by atoms with Crippen LogP contribution in [-0.2, 0) is 4.74 Å². The van der Waals surface area contributed by atoms with Crippen molar-refractivity contribution in [2.75, 3.05) is 6.61 Å². The zero-order valence-electron chi connectivity index (χ0n) is 6.21. The van der Waals surface area contributed by atoms with Crippen LogP contribution in [0.5, 0.6) is 0 Å². The van der Waals surface area contributed by atoms with Crippen LogP contribution < -0.4 is 0 Å². The average molecular weight is 180 g/mol. The van der Waals surface area contributed by atoms with E-state index in [1.54, 1.807) is 0 Å². The minimum absolute atomic E-state index is 0.249. The fourth-order valence-electron chi connectivity index (χ4n) is 1.23. The lowest BCUT2D eigenvalue weighted by atomic mass is 9.86. The van der Waals surface area contributed by atoms with Gasteiger partial charge < -0.3 is 9.84 Å². The summed E-state index contributed by atoms with van der Waals surface area (Å²) >= 11 is 0. The van der Waals surface area contributed by atoms with Crippen LogP contribution in [0.3, 0.4) is 0 Å².